The summed E-state index contributed by atoms with van der Waals surface area (Å²) in [6, 6.07) is 6.24. The molecule has 2 heterocycles. The molecule has 0 spiro atoms. The van der Waals surface area contributed by atoms with Gasteiger partial charge in [0.15, 0.2) is 0 Å². The quantitative estimate of drug-likeness (QED) is 0.704. The van der Waals surface area contributed by atoms with Crippen molar-refractivity contribution in [2.24, 2.45) is 7.05 Å². The zero-order valence-corrected chi connectivity index (χ0v) is 8.85. The van der Waals surface area contributed by atoms with Gasteiger partial charge in [-0.05, 0) is 25.0 Å². The molecule has 0 amide bonds. The Labute approximate surface area is 88.5 Å². The molecule has 0 aliphatic carbocycles. The fourth-order valence-corrected chi connectivity index (χ4v) is 2.30. The minimum atomic E-state index is 0.988. The van der Waals surface area contributed by atoms with E-state index in [2.05, 4.69) is 27.3 Å². The highest BCUT2D eigenvalue weighted by molar-refractivity contribution is 5.88. The van der Waals surface area contributed by atoms with Crippen LogP contribution in [0.2, 0.25) is 0 Å². The molecule has 1 aliphatic rings. The third-order valence-electron chi connectivity index (χ3n) is 3.05. The zero-order chi connectivity index (χ0) is 10.3. The van der Waals surface area contributed by atoms with Crippen LogP contribution in [-0.4, -0.2) is 28.1 Å². The van der Waals surface area contributed by atoms with Crippen molar-refractivity contribution in [2.45, 2.75) is 12.8 Å². The molecule has 0 radical (unpaired) electrons. The first-order valence-corrected chi connectivity index (χ1v) is 5.39. The molecule has 1 aromatic carbocycles. The molecular formula is C11H14N4. The van der Waals surface area contributed by atoms with Crippen LogP contribution in [0.3, 0.4) is 0 Å². The summed E-state index contributed by atoms with van der Waals surface area (Å²) in [6.07, 6.45) is 2.59. The van der Waals surface area contributed by atoms with E-state index in [0.717, 1.165) is 24.1 Å². The summed E-state index contributed by atoms with van der Waals surface area (Å²) in [5, 5.41) is 8.20. The number of nitrogens with zero attached hydrogens (tertiary/aromatic N) is 4. The van der Waals surface area contributed by atoms with E-state index in [0.29, 0.717) is 0 Å². The van der Waals surface area contributed by atoms with Crippen LogP contribution in [0.25, 0.3) is 11.0 Å². The van der Waals surface area contributed by atoms with Crippen molar-refractivity contribution in [3.8, 4) is 0 Å². The van der Waals surface area contributed by atoms with Gasteiger partial charge in [-0.1, -0.05) is 11.3 Å². The average molecular weight is 202 g/mol. The van der Waals surface area contributed by atoms with Gasteiger partial charge in [0.2, 0.25) is 0 Å². The number of aromatic nitrogens is 3. The summed E-state index contributed by atoms with van der Waals surface area (Å²) < 4.78 is 1.86. The number of hydrogen-bond acceptors (Lipinski definition) is 3. The second kappa shape index (κ2) is 3.22. The van der Waals surface area contributed by atoms with Gasteiger partial charge in [-0.25, -0.2) is 4.68 Å². The van der Waals surface area contributed by atoms with Gasteiger partial charge in [0.25, 0.3) is 0 Å². The number of aryl methyl sites for hydroxylation is 1. The SMILES string of the molecule is Cn1nnc2cccc(N3CCCC3)c21. The number of rotatable bonds is 1. The van der Waals surface area contributed by atoms with E-state index in [9.17, 15) is 0 Å². The highest BCUT2D eigenvalue weighted by Gasteiger charge is 2.16. The molecule has 0 saturated carbocycles. The third kappa shape index (κ3) is 1.28. The molecule has 0 atom stereocenters. The van der Waals surface area contributed by atoms with Gasteiger partial charge in [0.1, 0.15) is 11.0 Å². The van der Waals surface area contributed by atoms with Gasteiger partial charge in [0.05, 0.1) is 5.69 Å². The lowest BCUT2D eigenvalue weighted by atomic mass is 10.2. The van der Waals surface area contributed by atoms with Crippen LogP contribution in [0, 0.1) is 0 Å². The minimum absolute atomic E-state index is 0.988. The summed E-state index contributed by atoms with van der Waals surface area (Å²) in [6.45, 7) is 2.31. The second-order valence-corrected chi connectivity index (χ2v) is 4.05. The molecule has 2 aromatic rings. The van der Waals surface area contributed by atoms with Crippen LogP contribution in [0.1, 0.15) is 12.8 Å². The van der Waals surface area contributed by atoms with Gasteiger partial charge in [-0.15, -0.1) is 5.10 Å². The van der Waals surface area contributed by atoms with E-state index in [1.807, 2.05) is 17.8 Å². The van der Waals surface area contributed by atoms with Crippen LogP contribution in [0.15, 0.2) is 18.2 Å². The van der Waals surface area contributed by atoms with E-state index in [-0.39, 0.29) is 0 Å². The fraction of sp³-hybridized carbons (Fsp3) is 0.455. The number of benzene rings is 1. The van der Waals surface area contributed by atoms with Crippen LogP contribution in [0.5, 0.6) is 0 Å². The molecular weight excluding hydrogens is 188 g/mol. The van der Waals surface area contributed by atoms with Crippen molar-refractivity contribution in [1.29, 1.82) is 0 Å². The Morgan fingerprint density at radius 3 is 2.80 bits per heavy atom. The first-order valence-electron chi connectivity index (χ1n) is 5.39. The largest absolute Gasteiger partial charge is 0.370 e. The third-order valence-corrected chi connectivity index (χ3v) is 3.05. The van der Waals surface area contributed by atoms with Crippen molar-refractivity contribution in [3.05, 3.63) is 18.2 Å². The molecule has 1 fully saturated rings. The summed E-state index contributed by atoms with van der Waals surface area (Å²) in [4.78, 5) is 2.42. The summed E-state index contributed by atoms with van der Waals surface area (Å²) in [5.41, 5.74) is 3.42. The minimum Gasteiger partial charge on any atom is -0.370 e. The molecule has 1 aliphatic heterocycles. The van der Waals surface area contributed by atoms with Crippen molar-refractivity contribution in [1.82, 2.24) is 15.0 Å². The molecule has 0 unspecified atom stereocenters. The van der Waals surface area contributed by atoms with Gasteiger partial charge in [0, 0.05) is 20.1 Å². The zero-order valence-electron chi connectivity index (χ0n) is 8.85. The molecule has 1 aromatic heterocycles. The smallest absolute Gasteiger partial charge is 0.115 e. The maximum Gasteiger partial charge on any atom is 0.115 e. The molecule has 0 N–H and O–H groups in total. The molecule has 3 rings (SSSR count). The predicted molar refractivity (Wildman–Crippen MR) is 60.0 cm³/mol. The Kier molecular flexibility index (Phi) is 1.87. The van der Waals surface area contributed by atoms with Crippen molar-refractivity contribution < 1.29 is 0 Å². The van der Waals surface area contributed by atoms with Crippen LogP contribution in [0.4, 0.5) is 5.69 Å². The lowest BCUT2D eigenvalue weighted by Crippen LogP contribution is -2.18. The van der Waals surface area contributed by atoms with Crippen molar-refractivity contribution in [2.75, 3.05) is 18.0 Å². The topological polar surface area (TPSA) is 34.0 Å². The van der Waals surface area contributed by atoms with Gasteiger partial charge < -0.3 is 4.90 Å². The van der Waals surface area contributed by atoms with Gasteiger partial charge in [-0.2, -0.15) is 0 Å². The Morgan fingerprint density at radius 2 is 2.00 bits per heavy atom. The number of para-hydroxylation sites is 1. The molecule has 78 valence electrons. The lowest BCUT2D eigenvalue weighted by Gasteiger charge is -2.18. The molecule has 15 heavy (non-hydrogen) atoms. The van der Waals surface area contributed by atoms with E-state index in [1.54, 1.807) is 0 Å². The van der Waals surface area contributed by atoms with Crippen molar-refractivity contribution >= 4 is 16.7 Å². The first kappa shape index (κ1) is 8.71. The van der Waals surface area contributed by atoms with Gasteiger partial charge in [-0.3, -0.25) is 0 Å². The molecule has 1 saturated heterocycles. The molecule has 0 bridgehead atoms. The standard InChI is InChI=1S/C11H14N4/c1-14-11-9(12-13-14)5-4-6-10(11)15-7-2-3-8-15/h4-6H,2-3,7-8H2,1H3. The second-order valence-electron chi connectivity index (χ2n) is 4.05. The van der Waals surface area contributed by atoms with Crippen molar-refractivity contribution in [3.63, 3.8) is 0 Å². The maximum absolute atomic E-state index is 4.14. The number of anilines is 1. The summed E-state index contributed by atoms with van der Waals surface area (Å²) >= 11 is 0. The lowest BCUT2D eigenvalue weighted by molar-refractivity contribution is 0.735. The highest BCUT2D eigenvalue weighted by atomic mass is 15.4. The fourth-order valence-electron chi connectivity index (χ4n) is 2.30. The Balaban J connectivity index is 2.19. The Morgan fingerprint density at radius 1 is 1.20 bits per heavy atom. The van der Waals surface area contributed by atoms with E-state index in [4.69, 9.17) is 0 Å². The predicted octanol–water partition coefficient (Wildman–Crippen LogP) is 1.57. The van der Waals surface area contributed by atoms with Crippen LogP contribution in [-0.2, 0) is 7.05 Å². The highest BCUT2D eigenvalue weighted by Crippen LogP contribution is 2.27. The molecule has 4 nitrogen and oxygen atoms in total. The monoisotopic (exact) mass is 202 g/mol. The van der Waals surface area contributed by atoms with E-state index in [1.165, 1.54) is 18.5 Å². The summed E-state index contributed by atoms with van der Waals surface area (Å²) in [5.74, 6) is 0. The maximum atomic E-state index is 4.14. The first-order chi connectivity index (χ1) is 7.36. The number of fused-ring (bicyclic) bond motifs is 1. The van der Waals surface area contributed by atoms with E-state index >= 15 is 0 Å². The van der Waals surface area contributed by atoms with Gasteiger partial charge >= 0.3 is 0 Å². The average Bonchev–Trinajstić information content (AvgIpc) is 2.88. The van der Waals surface area contributed by atoms with Crippen LogP contribution < -0.4 is 4.90 Å². The Bertz CT molecular complexity index is 482. The number of hydrogen-bond donors (Lipinski definition) is 0. The van der Waals surface area contributed by atoms with E-state index < -0.39 is 0 Å². The van der Waals surface area contributed by atoms with Crippen LogP contribution >= 0.6 is 0 Å². The molecule has 4 heteroatoms. The normalized spacial score (nSPS) is 16.5. The Hall–Kier alpha value is -1.58. The summed E-state index contributed by atoms with van der Waals surface area (Å²) in [7, 11) is 1.95.